The van der Waals surface area contributed by atoms with Crippen LogP contribution in [0.25, 0.3) is 72.0 Å². The molecule has 16 rings (SSSR count). The molecule has 0 fully saturated rings. The lowest BCUT2D eigenvalue weighted by atomic mass is 9.65. The van der Waals surface area contributed by atoms with Gasteiger partial charge in [-0.25, -0.2) is 0 Å². The highest BCUT2D eigenvalue weighted by Crippen LogP contribution is 2.63. The first kappa shape index (κ1) is 42.7. The van der Waals surface area contributed by atoms with Crippen molar-refractivity contribution in [2.75, 3.05) is 4.90 Å². The molecule has 0 N–H and O–H groups in total. The number of hydrogen-bond donors (Lipinski definition) is 0. The first-order valence-corrected chi connectivity index (χ1v) is 26.5. The van der Waals surface area contributed by atoms with Crippen molar-refractivity contribution in [1.29, 1.82) is 0 Å². The highest BCUT2D eigenvalue weighted by Gasteiger charge is 2.51. The third-order valence-corrected chi connectivity index (χ3v) is 17.1. The zero-order chi connectivity index (χ0) is 50.0. The molecule has 3 aliphatic rings. The quantitative estimate of drug-likeness (QED) is 0.155. The summed E-state index contributed by atoms with van der Waals surface area (Å²) in [5.74, 6) is 0. The molecule has 2 aliphatic carbocycles. The van der Waals surface area contributed by atoms with Crippen LogP contribution >= 0.6 is 0 Å². The monoisotopic (exact) mass is 964 g/mol. The normalized spacial score (nSPS) is 15.0. The number of nitrogens with zero attached hydrogens (tertiary/aromatic N) is 2. The standard InChI is InChI=1S/C74H48N2/c1-4-22-49(23-5-1)50-42-45-54(46-43-50)75(70-41-21-36-64-71(70)60-31-11-15-34-62(60)73(64,52-24-6-2-7-25-52)53-26-8-3-9-27-53)67-38-17-12-28-55(67)51-44-47-57-56-29-10-14-33-61(56)74(66(57)48-51)63-35-16-19-40-69(63)76-68-39-18-13-30-58(68)59-32-20-37-65(74)72(59)76/h1-48H. The Morgan fingerprint density at radius 2 is 0.803 bits per heavy atom. The summed E-state index contributed by atoms with van der Waals surface area (Å²) >= 11 is 0. The minimum Gasteiger partial charge on any atom is -0.309 e. The molecule has 2 heterocycles. The molecule has 2 nitrogen and oxygen atoms in total. The van der Waals surface area contributed by atoms with Gasteiger partial charge in [0.2, 0.25) is 0 Å². The third-order valence-electron chi connectivity index (χ3n) is 17.1. The number of rotatable bonds is 7. The lowest BCUT2D eigenvalue weighted by Crippen LogP contribution is -2.33. The Balaban J connectivity index is 0.962. The molecule has 12 aromatic carbocycles. The zero-order valence-electron chi connectivity index (χ0n) is 41.6. The second-order valence-electron chi connectivity index (χ2n) is 20.6. The Morgan fingerprint density at radius 1 is 0.289 bits per heavy atom. The SMILES string of the molecule is c1ccc(-c2ccc(N(c3ccccc3-c3ccc4c(c3)C3(c5ccccc5-4)c4ccccc4-n4c5ccccc5c5cccc3c54)c3cccc4c3-c3ccccc3C4(c3ccccc3)c3ccccc3)cc2)cc1. The maximum atomic E-state index is 2.54. The molecular weight excluding hydrogens is 917 g/mol. The van der Waals surface area contributed by atoms with E-state index < -0.39 is 10.8 Å². The maximum absolute atomic E-state index is 2.54. The van der Waals surface area contributed by atoms with Gasteiger partial charge in [0.1, 0.15) is 0 Å². The van der Waals surface area contributed by atoms with Crippen molar-refractivity contribution in [3.63, 3.8) is 0 Å². The smallest absolute Gasteiger partial charge is 0.0754 e. The van der Waals surface area contributed by atoms with E-state index in [9.17, 15) is 0 Å². The topological polar surface area (TPSA) is 8.17 Å². The van der Waals surface area contributed by atoms with E-state index >= 15 is 0 Å². The highest BCUT2D eigenvalue weighted by atomic mass is 15.1. The van der Waals surface area contributed by atoms with Gasteiger partial charge in [-0.3, -0.25) is 0 Å². The number of anilines is 3. The van der Waals surface area contributed by atoms with Gasteiger partial charge in [-0.1, -0.05) is 249 Å². The van der Waals surface area contributed by atoms with Crippen LogP contribution in [0.15, 0.2) is 291 Å². The van der Waals surface area contributed by atoms with Crippen LogP contribution in [-0.2, 0) is 10.8 Å². The fourth-order valence-corrected chi connectivity index (χ4v) is 14.1. The van der Waals surface area contributed by atoms with E-state index in [2.05, 4.69) is 301 Å². The third kappa shape index (κ3) is 5.70. The molecule has 0 radical (unpaired) electrons. The Hall–Kier alpha value is -9.76. The van der Waals surface area contributed by atoms with Gasteiger partial charge in [0, 0.05) is 27.6 Å². The van der Waals surface area contributed by atoms with Crippen LogP contribution in [-0.4, -0.2) is 4.57 Å². The van der Waals surface area contributed by atoms with E-state index in [-0.39, 0.29) is 0 Å². The van der Waals surface area contributed by atoms with Crippen molar-refractivity contribution in [1.82, 2.24) is 4.57 Å². The summed E-state index contributed by atoms with van der Waals surface area (Å²) in [5, 5.41) is 2.56. The summed E-state index contributed by atoms with van der Waals surface area (Å²) < 4.78 is 2.53. The predicted octanol–water partition coefficient (Wildman–Crippen LogP) is 18.6. The molecular formula is C74H48N2. The van der Waals surface area contributed by atoms with Gasteiger partial charge >= 0.3 is 0 Å². The van der Waals surface area contributed by atoms with Gasteiger partial charge in [-0.15, -0.1) is 0 Å². The van der Waals surface area contributed by atoms with E-state index in [0.717, 1.165) is 22.6 Å². The van der Waals surface area contributed by atoms with Crippen LogP contribution in [0.3, 0.4) is 0 Å². The predicted molar refractivity (Wildman–Crippen MR) is 315 cm³/mol. The molecule has 0 saturated heterocycles. The fraction of sp³-hybridized carbons (Fsp3) is 0.0270. The van der Waals surface area contributed by atoms with Gasteiger partial charge in [0.25, 0.3) is 0 Å². The van der Waals surface area contributed by atoms with Crippen LogP contribution in [0.4, 0.5) is 17.1 Å². The second-order valence-corrected chi connectivity index (χ2v) is 20.6. The first-order chi connectivity index (χ1) is 37.7. The van der Waals surface area contributed by atoms with E-state index in [1.165, 1.54) is 111 Å². The largest absolute Gasteiger partial charge is 0.309 e. The molecule has 13 aromatic rings. The maximum Gasteiger partial charge on any atom is 0.0754 e. The molecule has 1 spiro atoms. The number of hydrogen-bond acceptors (Lipinski definition) is 1. The Labute approximate surface area is 442 Å². The molecule has 0 saturated carbocycles. The van der Waals surface area contributed by atoms with Crippen molar-refractivity contribution in [2.45, 2.75) is 10.8 Å². The van der Waals surface area contributed by atoms with Crippen LogP contribution in [0, 0.1) is 0 Å². The summed E-state index contributed by atoms with van der Waals surface area (Å²) in [7, 11) is 0. The minimum absolute atomic E-state index is 0.555. The molecule has 1 aliphatic heterocycles. The molecule has 1 atom stereocenters. The Morgan fingerprint density at radius 3 is 1.57 bits per heavy atom. The molecule has 76 heavy (non-hydrogen) atoms. The van der Waals surface area contributed by atoms with E-state index in [0.29, 0.717) is 0 Å². The Kier molecular flexibility index (Phi) is 9.20. The molecule has 354 valence electrons. The highest BCUT2D eigenvalue weighted by molar-refractivity contribution is 6.13. The van der Waals surface area contributed by atoms with Crippen molar-refractivity contribution in [2.24, 2.45) is 0 Å². The van der Waals surface area contributed by atoms with Crippen LogP contribution in [0.1, 0.15) is 44.5 Å². The summed E-state index contributed by atoms with van der Waals surface area (Å²) in [6, 6.07) is 109. The number of benzene rings is 12. The molecule has 0 bridgehead atoms. The summed E-state index contributed by atoms with van der Waals surface area (Å²) in [6.07, 6.45) is 0. The summed E-state index contributed by atoms with van der Waals surface area (Å²) in [4.78, 5) is 2.54. The van der Waals surface area contributed by atoms with Crippen LogP contribution < -0.4 is 4.90 Å². The average Bonchev–Trinajstić information content (AvgIpc) is 4.20. The minimum atomic E-state index is -0.577. The van der Waals surface area contributed by atoms with Gasteiger partial charge in [-0.2, -0.15) is 0 Å². The lowest BCUT2D eigenvalue weighted by molar-refractivity contribution is 0.749. The van der Waals surface area contributed by atoms with Crippen molar-refractivity contribution in [3.05, 3.63) is 336 Å². The van der Waals surface area contributed by atoms with E-state index in [1.54, 1.807) is 0 Å². The second kappa shape index (κ2) is 16.4. The lowest BCUT2D eigenvalue weighted by Gasteiger charge is -2.39. The van der Waals surface area contributed by atoms with Crippen molar-refractivity contribution < 1.29 is 0 Å². The molecule has 1 aromatic heterocycles. The zero-order valence-corrected chi connectivity index (χ0v) is 41.6. The van der Waals surface area contributed by atoms with Crippen molar-refractivity contribution >= 4 is 38.9 Å². The summed E-state index contributed by atoms with van der Waals surface area (Å²) in [6.45, 7) is 0. The van der Waals surface area contributed by atoms with Gasteiger partial charge in [-0.05, 0) is 120 Å². The van der Waals surface area contributed by atoms with Crippen LogP contribution in [0.5, 0.6) is 0 Å². The number of aromatic nitrogens is 1. The van der Waals surface area contributed by atoms with Crippen LogP contribution in [0.2, 0.25) is 0 Å². The Bertz CT molecular complexity index is 4410. The van der Waals surface area contributed by atoms with E-state index in [4.69, 9.17) is 0 Å². The van der Waals surface area contributed by atoms with Crippen molar-refractivity contribution in [3.8, 4) is 50.2 Å². The van der Waals surface area contributed by atoms with Gasteiger partial charge < -0.3 is 9.47 Å². The van der Waals surface area contributed by atoms with E-state index in [1.807, 2.05) is 0 Å². The number of fused-ring (bicyclic) bond motifs is 15. The fourth-order valence-electron chi connectivity index (χ4n) is 14.1. The molecule has 1 unspecified atom stereocenters. The molecule has 0 amide bonds. The van der Waals surface area contributed by atoms with Gasteiger partial charge in [0.15, 0.2) is 0 Å². The van der Waals surface area contributed by atoms with Gasteiger partial charge in [0.05, 0.1) is 38.9 Å². The average molecular weight is 965 g/mol. The first-order valence-electron chi connectivity index (χ1n) is 26.5. The molecule has 2 heteroatoms. The summed E-state index contributed by atoms with van der Waals surface area (Å²) in [5.41, 5.74) is 26.0. The number of para-hydroxylation sites is 4.